The summed E-state index contributed by atoms with van der Waals surface area (Å²) in [6.07, 6.45) is 5.39. The van der Waals surface area contributed by atoms with Crippen molar-refractivity contribution in [2.45, 2.75) is 0 Å². The molecule has 2 saturated heterocycles. The second kappa shape index (κ2) is 8.27. The van der Waals surface area contributed by atoms with Gasteiger partial charge < -0.3 is 14.7 Å². The lowest BCUT2D eigenvalue weighted by Gasteiger charge is -2.38. The van der Waals surface area contributed by atoms with Gasteiger partial charge in [-0.1, -0.05) is 0 Å². The van der Waals surface area contributed by atoms with E-state index in [0.29, 0.717) is 6.54 Å². The van der Waals surface area contributed by atoms with Crippen molar-refractivity contribution < 1.29 is 4.79 Å². The fourth-order valence-corrected chi connectivity index (χ4v) is 4.19. The quantitative estimate of drug-likeness (QED) is 0.687. The Morgan fingerprint density at radius 1 is 0.933 bits per heavy atom. The molecule has 4 heterocycles. The van der Waals surface area contributed by atoms with Crippen molar-refractivity contribution in [3.63, 3.8) is 0 Å². The summed E-state index contributed by atoms with van der Waals surface area (Å²) in [5, 5.41) is 8.19. The number of aromatic nitrogens is 4. The van der Waals surface area contributed by atoms with E-state index in [-0.39, 0.29) is 5.91 Å². The maximum atomic E-state index is 12.8. The number of anilines is 2. The van der Waals surface area contributed by atoms with Gasteiger partial charge in [0.25, 0.3) is 0 Å². The number of amides is 1. The van der Waals surface area contributed by atoms with Crippen LogP contribution in [0, 0.1) is 0 Å². The summed E-state index contributed by atoms with van der Waals surface area (Å²) in [7, 11) is 0. The summed E-state index contributed by atoms with van der Waals surface area (Å²) in [6, 6.07) is 8.17. The first kappa shape index (κ1) is 18.8. The van der Waals surface area contributed by atoms with Crippen LogP contribution < -0.4 is 9.80 Å². The topological polar surface area (TPSA) is 84.5 Å². The van der Waals surface area contributed by atoms with Gasteiger partial charge in [-0.05, 0) is 24.3 Å². The SMILES string of the molecule is O=C(CN1CCN(c2ncccn2)CC1)N1CCN(c2ccc3[nH]ncc3c2)CC1. The number of aromatic amines is 1. The van der Waals surface area contributed by atoms with Crippen molar-refractivity contribution >= 4 is 28.4 Å². The van der Waals surface area contributed by atoms with E-state index in [4.69, 9.17) is 0 Å². The van der Waals surface area contributed by atoms with Crippen molar-refractivity contribution in [3.8, 4) is 0 Å². The number of carbonyl (C=O) groups is 1. The Hall–Kier alpha value is -3.20. The Labute approximate surface area is 175 Å². The molecule has 0 unspecified atom stereocenters. The van der Waals surface area contributed by atoms with Gasteiger partial charge >= 0.3 is 0 Å². The van der Waals surface area contributed by atoms with Gasteiger partial charge in [0.05, 0.1) is 18.3 Å². The van der Waals surface area contributed by atoms with Crippen LogP contribution in [0.1, 0.15) is 0 Å². The van der Waals surface area contributed by atoms with Gasteiger partial charge in [0.2, 0.25) is 11.9 Å². The third-order valence-electron chi connectivity index (χ3n) is 5.99. The number of carbonyl (C=O) groups excluding carboxylic acids is 1. The fraction of sp³-hybridized carbons (Fsp3) is 0.429. The molecule has 30 heavy (non-hydrogen) atoms. The smallest absolute Gasteiger partial charge is 0.236 e. The summed E-state index contributed by atoms with van der Waals surface area (Å²) in [5.41, 5.74) is 2.24. The molecule has 0 radical (unpaired) electrons. The van der Waals surface area contributed by atoms with Crippen molar-refractivity contribution in [2.75, 3.05) is 68.7 Å². The van der Waals surface area contributed by atoms with Gasteiger partial charge in [-0.3, -0.25) is 14.8 Å². The number of rotatable bonds is 4. The molecule has 2 fully saturated rings. The zero-order valence-corrected chi connectivity index (χ0v) is 16.9. The highest BCUT2D eigenvalue weighted by molar-refractivity contribution is 5.82. The summed E-state index contributed by atoms with van der Waals surface area (Å²) in [6.45, 7) is 7.14. The lowest BCUT2D eigenvalue weighted by atomic mass is 10.2. The molecular formula is C21H26N8O. The van der Waals surface area contributed by atoms with E-state index in [1.165, 1.54) is 5.69 Å². The molecule has 2 aromatic heterocycles. The summed E-state index contributed by atoms with van der Waals surface area (Å²) >= 11 is 0. The van der Waals surface area contributed by atoms with Gasteiger partial charge in [-0.15, -0.1) is 0 Å². The Balaban J connectivity index is 1.10. The van der Waals surface area contributed by atoms with E-state index < -0.39 is 0 Å². The van der Waals surface area contributed by atoms with E-state index in [2.05, 4.69) is 53.1 Å². The number of nitrogens with zero attached hydrogens (tertiary/aromatic N) is 7. The molecule has 5 rings (SSSR count). The third kappa shape index (κ3) is 3.93. The van der Waals surface area contributed by atoms with E-state index >= 15 is 0 Å². The number of H-pyrrole nitrogens is 1. The Kier molecular flexibility index (Phi) is 5.18. The zero-order chi connectivity index (χ0) is 20.3. The lowest BCUT2D eigenvalue weighted by Crippen LogP contribution is -2.54. The Bertz CT molecular complexity index is 990. The van der Waals surface area contributed by atoms with Crippen LogP contribution in [0.3, 0.4) is 0 Å². The third-order valence-corrected chi connectivity index (χ3v) is 5.99. The number of hydrogen-bond donors (Lipinski definition) is 1. The first-order valence-electron chi connectivity index (χ1n) is 10.5. The van der Waals surface area contributed by atoms with Crippen LogP contribution >= 0.6 is 0 Å². The highest BCUT2D eigenvalue weighted by Gasteiger charge is 2.25. The van der Waals surface area contributed by atoms with E-state index in [9.17, 15) is 4.79 Å². The van der Waals surface area contributed by atoms with Crippen LogP contribution in [0.25, 0.3) is 10.9 Å². The number of piperazine rings is 2. The predicted molar refractivity (Wildman–Crippen MR) is 116 cm³/mol. The Morgan fingerprint density at radius 2 is 1.67 bits per heavy atom. The average molecular weight is 406 g/mol. The maximum absolute atomic E-state index is 12.8. The normalized spacial score (nSPS) is 18.2. The van der Waals surface area contributed by atoms with E-state index in [0.717, 1.165) is 69.2 Å². The minimum atomic E-state index is 0.226. The largest absolute Gasteiger partial charge is 0.368 e. The van der Waals surface area contributed by atoms with Crippen molar-refractivity contribution in [1.82, 2.24) is 30.0 Å². The molecule has 1 N–H and O–H groups in total. The molecule has 9 heteroatoms. The summed E-state index contributed by atoms with van der Waals surface area (Å²) in [4.78, 5) is 30.2. The standard InChI is InChI=1S/C21H26N8O/c30-20(16-26-6-8-29(9-7-26)21-22-4-1-5-23-21)28-12-10-27(11-13-28)18-2-3-19-17(14-18)15-24-25-19/h1-5,14-15H,6-13,16H2,(H,24,25). The first-order valence-corrected chi connectivity index (χ1v) is 10.5. The van der Waals surface area contributed by atoms with Crippen LogP contribution in [0.15, 0.2) is 42.9 Å². The Morgan fingerprint density at radius 3 is 2.43 bits per heavy atom. The van der Waals surface area contributed by atoms with Crippen LogP contribution in [0.2, 0.25) is 0 Å². The lowest BCUT2D eigenvalue weighted by molar-refractivity contribution is -0.132. The molecule has 0 saturated carbocycles. The highest BCUT2D eigenvalue weighted by Crippen LogP contribution is 2.22. The summed E-state index contributed by atoms with van der Waals surface area (Å²) in [5.74, 6) is 0.998. The minimum Gasteiger partial charge on any atom is -0.368 e. The minimum absolute atomic E-state index is 0.226. The fourth-order valence-electron chi connectivity index (χ4n) is 4.19. The van der Waals surface area contributed by atoms with Crippen LogP contribution in [-0.2, 0) is 4.79 Å². The van der Waals surface area contributed by atoms with E-state index in [1.54, 1.807) is 12.4 Å². The number of fused-ring (bicyclic) bond motifs is 1. The molecule has 1 amide bonds. The van der Waals surface area contributed by atoms with Gasteiger partial charge in [0.15, 0.2) is 0 Å². The maximum Gasteiger partial charge on any atom is 0.236 e. The summed E-state index contributed by atoms with van der Waals surface area (Å²) < 4.78 is 0. The van der Waals surface area contributed by atoms with Crippen molar-refractivity contribution in [2.24, 2.45) is 0 Å². The number of hydrogen-bond acceptors (Lipinski definition) is 7. The molecule has 0 atom stereocenters. The molecule has 9 nitrogen and oxygen atoms in total. The molecule has 0 spiro atoms. The molecule has 0 bridgehead atoms. The molecular weight excluding hydrogens is 380 g/mol. The first-order chi connectivity index (χ1) is 14.8. The second-order valence-corrected chi connectivity index (χ2v) is 7.82. The molecule has 0 aliphatic carbocycles. The van der Waals surface area contributed by atoms with Crippen LogP contribution in [0.5, 0.6) is 0 Å². The van der Waals surface area contributed by atoms with Crippen LogP contribution in [-0.4, -0.2) is 94.8 Å². The zero-order valence-electron chi connectivity index (χ0n) is 16.9. The highest BCUT2D eigenvalue weighted by atomic mass is 16.2. The molecule has 1 aromatic carbocycles. The molecule has 3 aromatic rings. The van der Waals surface area contributed by atoms with Gasteiger partial charge in [-0.2, -0.15) is 5.10 Å². The number of benzene rings is 1. The molecule has 2 aliphatic heterocycles. The van der Waals surface area contributed by atoms with Gasteiger partial charge in [0.1, 0.15) is 0 Å². The predicted octanol–water partition coefficient (Wildman–Crippen LogP) is 0.824. The molecule has 156 valence electrons. The monoisotopic (exact) mass is 406 g/mol. The van der Waals surface area contributed by atoms with E-state index in [1.807, 2.05) is 17.2 Å². The number of nitrogens with one attached hydrogen (secondary N) is 1. The van der Waals surface area contributed by atoms with Crippen molar-refractivity contribution in [3.05, 3.63) is 42.9 Å². The van der Waals surface area contributed by atoms with Gasteiger partial charge in [0, 0.05) is 75.8 Å². The second-order valence-electron chi connectivity index (χ2n) is 7.82. The molecule has 2 aliphatic rings. The van der Waals surface area contributed by atoms with Crippen LogP contribution in [0.4, 0.5) is 11.6 Å². The average Bonchev–Trinajstić information content (AvgIpc) is 3.28. The van der Waals surface area contributed by atoms with Crippen molar-refractivity contribution in [1.29, 1.82) is 0 Å². The van der Waals surface area contributed by atoms with Gasteiger partial charge in [-0.25, -0.2) is 9.97 Å².